The second-order valence-electron chi connectivity index (χ2n) is 6.91. The van der Waals surface area contributed by atoms with Crippen LogP contribution in [0.25, 0.3) is 0 Å². The molecule has 0 aliphatic carbocycles. The van der Waals surface area contributed by atoms with Gasteiger partial charge in [-0.25, -0.2) is 8.42 Å². The van der Waals surface area contributed by atoms with Crippen LogP contribution >= 0.6 is 23.4 Å². The summed E-state index contributed by atoms with van der Waals surface area (Å²) in [5, 5.41) is 1.47. The SMILES string of the molecule is COc1ccc(OC)c(N2C(SCc3ccccc3Cl)=N[C@H]3CS(=O)(=O)C[C@H]32)c1. The number of ether oxygens (including phenoxy) is 2. The Morgan fingerprint density at radius 1 is 1.17 bits per heavy atom. The minimum atomic E-state index is -3.13. The molecule has 4 rings (SSSR count). The maximum absolute atomic E-state index is 12.3. The third-order valence-electron chi connectivity index (χ3n) is 5.07. The van der Waals surface area contributed by atoms with Crippen molar-refractivity contribution in [3.05, 3.63) is 53.1 Å². The van der Waals surface area contributed by atoms with Crippen LogP contribution in [-0.4, -0.2) is 51.4 Å². The summed E-state index contributed by atoms with van der Waals surface area (Å²) < 4.78 is 35.4. The molecule has 154 valence electrons. The molecule has 0 bridgehead atoms. The predicted octanol–water partition coefficient (Wildman–Crippen LogP) is 3.63. The molecule has 0 unspecified atom stereocenters. The molecule has 2 aliphatic rings. The third kappa shape index (κ3) is 4.06. The molecule has 0 amide bonds. The Labute approximate surface area is 179 Å². The lowest BCUT2D eigenvalue weighted by Gasteiger charge is -2.28. The molecule has 0 radical (unpaired) electrons. The first-order valence-electron chi connectivity index (χ1n) is 9.07. The molecule has 2 aromatic rings. The molecular formula is C20H21ClN2O4S2. The number of thioether (sulfide) groups is 1. The lowest BCUT2D eigenvalue weighted by Crippen LogP contribution is -2.39. The summed E-state index contributed by atoms with van der Waals surface area (Å²) in [5.41, 5.74) is 1.76. The highest BCUT2D eigenvalue weighted by Gasteiger charge is 2.47. The summed E-state index contributed by atoms with van der Waals surface area (Å²) in [6.07, 6.45) is 0. The van der Waals surface area contributed by atoms with Gasteiger partial charge >= 0.3 is 0 Å². The van der Waals surface area contributed by atoms with E-state index in [-0.39, 0.29) is 23.6 Å². The van der Waals surface area contributed by atoms with E-state index in [4.69, 9.17) is 26.1 Å². The second kappa shape index (κ2) is 8.08. The summed E-state index contributed by atoms with van der Waals surface area (Å²) >= 11 is 7.84. The van der Waals surface area contributed by atoms with Crippen molar-refractivity contribution in [3.8, 4) is 11.5 Å². The standard InChI is InChI=1S/C20H21ClN2O4S2/c1-26-14-7-8-19(27-2)17(9-14)23-18-12-29(24,25)11-16(18)22-20(23)28-10-13-5-3-4-6-15(13)21/h3-9,16,18H,10-12H2,1-2H3/t16-,18+/m0/s1. The van der Waals surface area contributed by atoms with Crippen LogP contribution < -0.4 is 14.4 Å². The van der Waals surface area contributed by atoms with Crippen molar-refractivity contribution in [1.82, 2.24) is 0 Å². The van der Waals surface area contributed by atoms with Gasteiger partial charge in [0.15, 0.2) is 15.0 Å². The van der Waals surface area contributed by atoms with Crippen molar-refractivity contribution in [3.63, 3.8) is 0 Å². The van der Waals surface area contributed by atoms with Crippen molar-refractivity contribution in [2.24, 2.45) is 4.99 Å². The molecule has 2 heterocycles. The monoisotopic (exact) mass is 452 g/mol. The van der Waals surface area contributed by atoms with E-state index in [1.165, 1.54) is 0 Å². The fourth-order valence-electron chi connectivity index (χ4n) is 3.66. The third-order valence-corrected chi connectivity index (χ3v) is 8.15. The number of hydrogen-bond acceptors (Lipinski definition) is 7. The number of aliphatic imine (C=N–C) groups is 1. The lowest BCUT2D eigenvalue weighted by atomic mass is 10.1. The van der Waals surface area contributed by atoms with Crippen LogP contribution in [0.3, 0.4) is 0 Å². The van der Waals surface area contributed by atoms with Gasteiger partial charge in [0.1, 0.15) is 11.5 Å². The number of anilines is 1. The van der Waals surface area contributed by atoms with Gasteiger partial charge in [-0.2, -0.15) is 0 Å². The van der Waals surface area contributed by atoms with Crippen LogP contribution in [0.1, 0.15) is 5.56 Å². The average Bonchev–Trinajstić information content (AvgIpc) is 3.17. The molecule has 2 atom stereocenters. The molecule has 0 saturated carbocycles. The first kappa shape index (κ1) is 20.4. The zero-order valence-corrected chi connectivity index (χ0v) is 18.4. The highest BCUT2D eigenvalue weighted by Crippen LogP contribution is 2.41. The molecular weight excluding hydrogens is 432 g/mol. The van der Waals surface area contributed by atoms with Gasteiger partial charge in [-0.15, -0.1) is 0 Å². The summed E-state index contributed by atoms with van der Waals surface area (Å²) in [6, 6.07) is 12.6. The van der Waals surface area contributed by atoms with Crippen LogP contribution in [-0.2, 0) is 15.6 Å². The second-order valence-corrected chi connectivity index (χ2v) is 10.4. The van der Waals surface area contributed by atoms with Crippen LogP contribution in [0.5, 0.6) is 11.5 Å². The van der Waals surface area contributed by atoms with Gasteiger partial charge in [0.2, 0.25) is 0 Å². The molecule has 9 heteroatoms. The van der Waals surface area contributed by atoms with E-state index in [1.807, 2.05) is 47.4 Å². The Hall–Kier alpha value is -1.90. The normalized spacial score (nSPS) is 22.3. The summed E-state index contributed by atoms with van der Waals surface area (Å²) in [7, 11) is 0.0619. The first-order valence-corrected chi connectivity index (χ1v) is 12.3. The number of benzene rings is 2. The largest absolute Gasteiger partial charge is 0.497 e. The summed E-state index contributed by atoms with van der Waals surface area (Å²) in [4.78, 5) is 6.75. The first-order chi connectivity index (χ1) is 13.9. The van der Waals surface area contributed by atoms with Gasteiger partial charge in [-0.3, -0.25) is 4.99 Å². The molecule has 6 nitrogen and oxygen atoms in total. The van der Waals surface area contributed by atoms with Crippen molar-refractivity contribution >= 4 is 44.1 Å². The van der Waals surface area contributed by atoms with E-state index in [1.54, 1.807) is 26.0 Å². The number of sulfone groups is 1. The molecule has 0 aromatic heterocycles. The highest BCUT2D eigenvalue weighted by atomic mass is 35.5. The number of rotatable bonds is 5. The minimum Gasteiger partial charge on any atom is -0.497 e. The highest BCUT2D eigenvalue weighted by molar-refractivity contribution is 8.13. The van der Waals surface area contributed by atoms with Crippen molar-refractivity contribution in [1.29, 1.82) is 0 Å². The maximum atomic E-state index is 12.3. The minimum absolute atomic E-state index is 0.0661. The van der Waals surface area contributed by atoms with Gasteiger partial charge in [0.05, 0.1) is 43.5 Å². The zero-order valence-electron chi connectivity index (χ0n) is 16.0. The van der Waals surface area contributed by atoms with Crippen LogP contribution in [0.4, 0.5) is 5.69 Å². The Balaban J connectivity index is 1.70. The van der Waals surface area contributed by atoms with Crippen LogP contribution in [0.2, 0.25) is 5.02 Å². The Morgan fingerprint density at radius 2 is 1.97 bits per heavy atom. The van der Waals surface area contributed by atoms with E-state index in [2.05, 4.69) is 0 Å². The molecule has 0 spiro atoms. The topological polar surface area (TPSA) is 68.2 Å². The lowest BCUT2D eigenvalue weighted by molar-refractivity contribution is 0.403. The smallest absolute Gasteiger partial charge is 0.164 e. The molecule has 1 saturated heterocycles. The number of halogens is 1. The van der Waals surface area contributed by atoms with Crippen molar-refractivity contribution < 1.29 is 17.9 Å². The van der Waals surface area contributed by atoms with Gasteiger partial charge < -0.3 is 14.4 Å². The Kier molecular flexibility index (Phi) is 5.68. The fraction of sp³-hybridized carbons (Fsp3) is 0.350. The van der Waals surface area contributed by atoms with E-state index in [0.717, 1.165) is 16.4 Å². The van der Waals surface area contributed by atoms with Crippen LogP contribution in [0.15, 0.2) is 47.5 Å². The molecule has 2 aromatic carbocycles. The summed E-state index contributed by atoms with van der Waals surface area (Å²) in [5.74, 6) is 2.07. The Morgan fingerprint density at radius 3 is 2.69 bits per heavy atom. The summed E-state index contributed by atoms with van der Waals surface area (Å²) in [6.45, 7) is 0. The molecule has 0 N–H and O–H groups in total. The van der Waals surface area contributed by atoms with E-state index in [0.29, 0.717) is 22.3 Å². The number of hydrogen-bond donors (Lipinski definition) is 0. The maximum Gasteiger partial charge on any atom is 0.164 e. The average molecular weight is 453 g/mol. The van der Waals surface area contributed by atoms with Crippen molar-refractivity contribution in [2.45, 2.75) is 17.8 Å². The van der Waals surface area contributed by atoms with Gasteiger partial charge in [-0.05, 0) is 23.8 Å². The molecule has 29 heavy (non-hydrogen) atoms. The molecule has 2 aliphatic heterocycles. The number of fused-ring (bicyclic) bond motifs is 1. The van der Waals surface area contributed by atoms with Gasteiger partial charge in [0, 0.05) is 16.8 Å². The number of amidine groups is 1. The van der Waals surface area contributed by atoms with E-state index in [9.17, 15) is 8.42 Å². The fourth-order valence-corrected chi connectivity index (χ4v) is 6.90. The Bertz CT molecular complexity index is 1060. The number of nitrogens with zero attached hydrogens (tertiary/aromatic N) is 2. The van der Waals surface area contributed by atoms with Crippen molar-refractivity contribution in [2.75, 3.05) is 30.6 Å². The quantitative estimate of drug-likeness (QED) is 0.690. The van der Waals surface area contributed by atoms with Crippen LogP contribution in [0, 0.1) is 0 Å². The van der Waals surface area contributed by atoms with E-state index < -0.39 is 9.84 Å². The van der Waals surface area contributed by atoms with Gasteiger partial charge in [-0.1, -0.05) is 41.6 Å². The molecule has 1 fully saturated rings. The zero-order chi connectivity index (χ0) is 20.6. The van der Waals surface area contributed by atoms with Gasteiger partial charge in [0.25, 0.3) is 0 Å². The van der Waals surface area contributed by atoms with E-state index >= 15 is 0 Å². The number of methoxy groups -OCH3 is 2. The predicted molar refractivity (Wildman–Crippen MR) is 118 cm³/mol.